The van der Waals surface area contributed by atoms with Crippen LogP contribution in [0.15, 0.2) is 18.2 Å². The molecule has 122 valence electrons. The van der Waals surface area contributed by atoms with Gasteiger partial charge >= 0.3 is 0 Å². The van der Waals surface area contributed by atoms with E-state index in [0.29, 0.717) is 0 Å². The van der Waals surface area contributed by atoms with Crippen molar-refractivity contribution in [2.24, 2.45) is 0 Å². The number of aryl methyl sites for hydroxylation is 2. The number of thiazole rings is 1. The minimum Gasteiger partial charge on any atom is -0.497 e. The van der Waals surface area contributed by atoms with Gasteiger partial charge in [0.1, 0.15) is 5.75 Å². The van der Waals surface area contributed by atoms with E-state index in [1.807, 2.05) is 12.1 Å². The molecule has 0 fully saturated rings. The number of ether oxygens (including phenoxy) is 1. The Morgan fingerprint density at radius 3 is 2.78 bits per heavy atom. The molecular formula is C17H22N4OS. The van der Waals surface area contributed by atoms with Crippen molar-refractivity contribution in [1.82, 2.24) is 20.1 Å². The number of nitrogens with zero attached hydrogens (tertiary/aromatic N) is 3. The quantitative estimate of drug-likeness (QED) is 0.772. The van der Waals surface area contributed by atoms with E-state index < -0.39 is 0 Å². The molecule has 0 radical (unpaired) electrons. The van der Waals surface area contributed by atoms with E-state index in [0.717, 1.165) is 33.9 Å². The van der Waals surface area contributed by atoms with Crippen molar-refractivity contribution in [3.05, 3.63) is 39.5 Å². The third-order valence-corrected chi connectivity index (χ3v) is 5.15. The Balaban J connectivity index is 1.82. The second kappa shape index (κ2) is 6.29. The largest absolute Gasteiger partial charge is 0.497 e. The molecule has 23 heavy (non-hydrogen) atoms. The molecule has 6 heteroatoms. The fourth-order valence-corrected chi connectivity index (χ4v) is 3.73. The van der Waals surface area contributed by atoms with E-state index >= 15 is 0 Å². The predicted octanol–water partition coefficient (Wildman–Crippen LogP) is 3.84. The lowest BCUT2D eigenvalue weighted by Crippen LogP contribution is -2.23. The number of methoxy groups -OCH3 is 1. The summed E-state index contributed by atoms with van der Waals surface area (Å²) >= 11 is 1.76. The first-order valence-electron chi connectivity index (χ1n) is 7.64. The zero-order valence-electron chi connectivity index (χ0n) is 14.2. The summed E-state index contributed by atoms with van der Waals surface area (Å²) in [6.45, 7) is 7.19. The lowest BCUT2D eigenvalue weighted by atomic mass is 10.1. The van der Waals surface area contributed by atoms with Crippen LogP contribution in [-0.4, -0.2) is 34.2 Å². The van der Waals surface area contributed by atoms with Gasteiger partial charge in [0.25, 0.3) is 0 Å². The Labute approximate surface area is 140 Å². The standard InChI is InChI=1S/C17H22N4OS/c1-10(17-11(2)23-12(3)18-17)21(4)9-16-14-7-6-13(22-5)8-15(14)19-20-16/h6-8,10H,9H2,1-5H3,(H,19,20). The molecule has 1 N–H and O–H groups in total. The molecule has 0 amide bonds. The van der Waals surface area contributed by atoms with E-state index in [9.17, 15) is 0 Å². The van der Waals surface area contributed by atoms with Crippen LogP contribution >= 0.6 is 11.3 Å². The van der Waals surface area contributed by atoms with Crippen molar-refractivity contribution in [2.45, 2.75) is 33.4 Å². The second-order valence-electron chi connectivity index (χ2n) is 5.85. The van der Waals surface area contributed by atoms with Crippen molar-refractivity contribution in [3.63, 3.8) is 0 Å². The van der Waals surface area contributed by atoms with Crippen LogP contribution in [0.25, 0.3) is 10.9 Å². The SMILES string of the molecule is COc1ccc2c(CN(C)C(C)c3nc(C)sc3C)[nH]nc2c1. The molecule has 0 aliphatic carbocycles. The molecule has 2 heterocycles. The summed E-state index contributed by atoms with van der Waals surface area (Å²) in [7, 11) is 3.79. The summed E-state index contributed by atoms with van der Waals surface area (Å²) < 4.78 is 5.25. The molecule has 5 nitrogen and oxygen atoms in total. The number of hydrogen-bond donors (Lipinski definition) is 1. The smallest absolute Gasteiger partial charge is 0.121 e. The lowest BCUT2D eigenvalue weighted by molar-refractivity contribution is 0.246. The maximum atomic E-state index is 5.25. The van der Waals surface area contributed by atoms with Crippen molar-refractivity contribution in [1.29, 1.82) is 0 Å². The maximum Gasteiger partial charge on any atom is 0.121 e. The van der Waals surface area contributed by atoms with Crippen LogP contribution < -0.4 is 4.74 Å². The van der Waals surface area contributed by atoms with Crippen LogP contribution in [0.5, 0.6) is 5.75 Å². The van der Waals surface area contributed by atoms with Gasteiger partial charge in [0.2, 0.25) is 0 Å². The first-order chi connectivity index (χ1) is 11.0. The van der Waals surface area contributed by atoms with Gasteiger partial charge in [0.05, 0.1) is 35.1 Å². The van der Waals surface area contributed by atoms with Gasteiger partial charge in [-0.25, -0.2) is 4.98 Å². The Morgan fingerprint density at radius 2 is 2.13 bits per heavy atom. The molecule has 0 aliphatic rings. The average molecular weight is 330 g/mol. The van der Waals surface area contributed by atoms with Crippen molar-refractivity contribution in [2.75, 3.05) is 14.2 Å². The number of nitrogens with one attached hydrogen (secondary N) is 1. The summed E-state index contributed by atoms with van der Waals surface area (Å²) in [4.78, 5) is 8.26. The van der Waals surface area contributed by atoms with Gasteiger partial charge in [-0.1, -0.05) is 0 Å². The Bertz CT molecular complexity index is 823. The van der Waals surface area contributed by atoms with E-state index in [1.54, 1.807) is 18.4 Å². The third-order valence-electron chi connectivity index (χ3n) is 4.25. The molecule has 3 rings (SSSR count). The summed E-state index contributed by atoms with van der Waals surface area (Å²) in [5.74, 6) is 0.825. The van der Waals surface area contributed by atoms with Crippen molar-refractivity contribution < 1.29 is 4.74 Å². The Hall–Kier alpha value is -1.92. The van der Waals surface area contributed by atoms with Gasteiger partial charge in [0, 0.05) is 22.9 Å². The zero-order chi connectivity index (χ0) is 16.6. The summed E-state index contributed by atoms with van der Waals surface area (Å²) in [5, 5.41) is 9.80. The predicted molar refractivity (Wildman–Crippen MR) is 94.1 cm³/mol. The Kier molecular flexibility index (Phi) is 4.37. The van der Waals surface area contributed by atoms with E-state index in [-0.39, 0.29) is 6.04 Å². The molecule has 0 aliphatic heterocycles. The summed E-state index contributed by atoms with van der Waals surface area (Å²) in [6.07, 6.45) is 0. The van der Waals surface area contributed by atoms with Crippen LogP contribution in [0.3, 0.4) is 0 Å². The van der Waals surface area contributed by atoms with Gasteiger partial charge < -0.3 is 4.74 Å². The first-order valence-corrected chi connectivity index (χ1v) is 8.46. The average Bonchev–Trinajstić information content (AvgIpc) is 3.08. The summed E-state index contributed by atoms with van der Waals surface area (Å²) in [6, 6.07) is 6.24. The molecule has 0 saturated heterocycles. The van der Waals surface area contributed by atoms with Crippen LogP contribution in [0.4, 0.5) is 0 Å². The van der Waals surface area contributed by atoms with E-state index in [4.69, 9.17) is 4.74 Å². The van der Waals surface area contributed by atoms with Crippen molar-refractivity contribution in [3.8, 4) is 5.75 Å². The number of H-pyrrole nitrogens is 1. The van der Waals surface area contributed by atoms with Crippen LogP contribution in [0.2, 0.25) is 0 Å². The molecule has 3 aromatic rings. The first kappa shape index (κ1) is 16.0. The number of aromatic amines is 1. The number of aromatic nitrogens is 3. The highest BCUT2D eigenvalue weighted by molar-refractivity contribution is 7.11. The Morgan fingerprint density at radius 1 is 1.35 bits per heavy atom. The van der Waals surface area contributed by atoms with Gasteiger partial charge in [-0.3, -0.25) is 10.00 Å². The minimum atomic E-state index is 0.261. The van der Waals surface area contributed by atoms with Gasteiger partial charge in [0.15, 0.2) is 0 Å². The summed E-state index contributed by atoms with van der Waals surface area (Å²) in [5.41, 5.74) is 3.21. The molecule has 0 saturated carbocycles. The third kappa shape index (κ3) is 3.09. The molecule has 1 aromatic carbocycles. The highest BCUT2D eigenvalue weighted by atomic mass is 32.1. The number of rotatable bonds is 5. The highest BCUT2D eigenvalue weighted by Gasteiger charge is 2.19. The minimum absolute atomic E-state index is 0.261. The van der Waals surface area contributed by atoms with E-state index in [2.05, 4.69) is 54.0 Å². The second-order valence-corrected chi connectivity index (χ2v) is 7.26. The van der Waals surface area contributed by atoms with E-state index in [1.165, 1.54) is 10.6 Å². The monoisotopic (exact) mass is 330 g/mol. The molecule has 2 aromatic heterocycles. The molecule has 1 atom stereocenters. The molecule has 1 unspecified atom stereocenters. The van der Waals surface area contributed by atoms with Crippen LogP contribution in [-0.2, 0) is 6.54 Å². The fourth-order valence-electron chi connectivity index (χ4n) is 2.82. The molecule has 0 spiro atoms. The molecule has 0 bridgehead atoms. The van der Waals surface area contributed by atoms with Crippen LogP contribution in [0.1, 0.15) is 34.2 Å². The maximum absolute atomic E-state index is 5.25. The number of benzene rings is 1. The normalized spacial score (nSPS) is 13.0. The molecular weight excluding hydrogens is 308 g/mol. The van der Waals surface area contributed by atoms with Gasteiger partial charge in [-0.15, -0.1) is 11.3 Å². The fraction of sp³-hybridized carbons (Fsp3) is 0.412. The lowest BCUT2D eigenvalue weighted by Gasteiger charge is -2.23. The van der Waals surface area contributed by atoms with Crippen molar-refractivity contribution >= 4 is 22.2 Å². The number of hydrogen-bond acceptors (Lipinski definition) is 5. The topological polar surface area (TPSA) is 54.0 Å². The number of fused-ring (bicyclic) bond motifs is 1. The highest BCUT2D eigenvalue weighted by Crippen LogP contribution is 2.28. The van der Waals surface area contributed by atoms with Gasteiger partial charge in [-0.05, 0) is 40.0 Å². The zero-order valence-corrected chi connectivity index (χ0v) is 15.0. The van der Waals surface area contributed by atoms with Crippen LogP contribution in [0, 0.1) is 13.8 Å². The van der Waals surface area contributed by atoms with Gasteiger partial charge in [-0.2, -0.15) is 5.10 Å².